The predicted octanol–water partition coefficient (Wildman–Crippen LogP) is 4.79. The molecule has 1 N–H and O–H groups in total. The molecule has 0 aliphatic rings. The molecule has 0 aliphatic carbocycles. The molecule has 0 fully saturated rings. The second kappa shape index (κ2) is 10.8. The summed E-state index contributed by atoms with van der Waals surface area (Å²) in [4.78, 5) is 14.2. The number of amides is 1. The van der Waals surface area contributed by atoms with E-state index in [0.29, 0.717) is 0 Å². The van der Waals surface area contributed by atoms with E-state index in [1.54, 1.807) is 36.0 Å². The van der Waals surface area contributed by atoms with Crippen LogP contribution in [0.3, 0.4) is 0 Å². The lowest BCUT2D eigenvalue weighted by Crippen LogP contribution is -2.41. The van der Waals surface area contributed by atoms with Gasteiger partial charge in [-0.05, 0) is 55.5 Å². The number of rotatable bonds is 9. The molecule has 3 aromatic rings. The minimum absolute atomic E-state index is 0.112. The lowest BCUT2D eigenvalue weighted by atomic mass is 10.1. The fraction of sp³-hybridized carbons (Fsp3) is 0.240. The number of carbonyl (C=O) groups is 1. The molecule has 0 bridgehead atoms. The molecule has 0 saturated heterocycles. The van der Waals surface area contributed by atoms with Gasteiger partial charge in [0.05, 0.1) is 17.5 Å². The molecule has 0 aromatic heterocycles. The van der Waals surface area contributed by atoms with Crippen LogP contribution in [0.15, 0.2) is 88.7 Å². The molecule has 32 heavy (non-hydrogen) atoms. The number of carbonyl (C=O) groups excluding carboxylic acids is 1. The van der Waals surface area contributed by atoms with Crippen LogP contribution >= 0.6 is 11.8 Å². The van der Waals surface area contributed by atoms with E-state index in [1.807, 2.05) is 74.7 Å². The third kappa shape index (κ3) is 6.22. The fourth-order valence-corrected chi connectivity index (χ4v) is 5.09. The SMILES string of the molecule is CSc1ccc([C@@H](C)NC(=O)CN(Cc2ccccc2)S(=O)(=O)c2ccc(C)cc2)cc1. The number of thioether (sulfide) groups is 1. The molecule has 0 saturated carbocycles. The van der Waals surface area contributed by atoms with Crippen molar-refractivity contribution in [3.8, 4) is 0 Å². The zero-order chi connectivity index (χ0) is 23.1. The van der Waals surface area contributed by atoms with Gasteiger partial charge in [0.1, 0.15) is 0 Å². The van der Waals surface area contributed by atoms with Crippen molar-refractivity contribution in [1.29, 1.82) is 0 Å². The number of benzene rings is 3. The summed E-state index contributed by atoms with van der Waals surface area (Å²) in [6, 6.07) is 23.7. The standard InChI is InChI=1S/C25H28N2O3S2/c1-19-9-15-24(16-10-19)32(29,30)27(17-21-7-5-4-6-8-21)18-25(28)26-20(2)22-11-13-23(31-3)14-12-22/h4-16,20H,17-18H2,1-3H3,(H,26,28)/t20-/m1/s1. The van der Waals surface area contributed by atoms with Crippen molar-refractivity contribution in [3.05, 3.63) is 95.6 Å². The third-order valence-electron chi connectivity index (χ3n) is 5.17. The monoisotopic (exact) mass is 468 g/mol. The zero-order valence-electron chi connectivity index (χ0n) is 18.5. The maximum atomic E-state index is 13.4. The Morgan fingerprint density at radius 3 is 2.19 bits per heavy atom. The summed E-state index contributed by atoms with van der Waals surface area (Å²) < 4.78 is 27.9. The summed E-state index contributed by atoms with van der Waals surface area (Å²) in [5.74, 6) is -0.349. The Kier molecular flexibility index (Phi) is 8.12. The molecule has 1 amide bonds. The van der Waals surface area contributed by atoms with Gasteiger partial charge >= 0.3 is 0 Å². The van der Waals surface area contributed by atoms with Gasteiger partial charge in [-0.3, -0.25) is 4.79 Å². The van der Waals surface area contributed by atoms with Crippen molar-refractivity contribution in [2.45, 2.75) is 36.2 Å². The zero-order valence-corrected chi connectivity index (χ0v) is 20.1. The van der Waals surface area contributed by atoms with Gasteiger partial charge in [0.25, 0.3) is 0 Å². The van der Waals surface area contributed by atoms with Crippen LogP contribution in [0, 0.1) is 6.92 Å². The molecular weight excluding hydrogens is 440 g/mol. The van der Waals surface area contributed by atoms with Crippen molar-refractivity contribution in [2.24, 2.45) is 0 Å². The fourth-order valence-electron chi connectivity index (χ4n) is 3.30. The van der Waals surface area contributed by atoms with Crippen molar-refractivity contribution < 1.29 is 13.2 Å². The quantitative estimate of drug-likeness (QED) is 0.459. The van der Waals surface area contributed by atoms with Crippen LogP contribution in [0.4, 0.5) is 0 Å². The van der Waals surface area contributed by atoms with E-state index < -0.39 is 10.0 Å². The summed E-state index contributed by atoms with van der Waals surface area (Å²) in [7, 11) is -3.85. The highest BCUT2D eigenvalue weighted by Crippen LogP contribution is 2.21. The van der Waals surface area contributed by atoms with Crippen molar-refractivity contribution in [1.82, 2.24) is 9.62 Å². The number of aryl methyl sites for hydroxylation is 1. The van der Waals surface area contributed by atoms with Gasteiger partial charge in [0.15, 0.2) is 0 Å². The van der Waals surface area contributed by atoms with Crippen LogP contribution in [0.1, 0.15) is 29.7 Å². The average Bonchev–Trinajstić information content (AvgIpc) is 2.79. The molecule has 5 nitrogen and oxygen atoms in total. The van der Waals surface area contributed by atoms with E-state index in [2.05, 4.69) is 5.32 Å². The first-order chi connectivity index (χ1) is 15.3. The Balaban J connectivity index is 1.79. The van der Waals surface area contributed by atoms with Gasteiger partial charge in [0.2, 0.25) is 15.9 Å². The molecule has 3 aromatic carbocycles. The van der Waals surface area contributed by atoms with E-state index in [-0.39, 0.29) is 29.9 Å². The highest BCUT2D eigenvalue weighted by molar-refractivity contribution is 7.98. The van der Waals surface area contributed by atoms with Gasteiger partial charge < -0.3 is 5.32 Å². The lowest BCUT2D eigenvalue weighted by molar-refractivity contribution is -0.122. The highest BCUT2D eigenvalue weighted by atomic mass is 32.2. The molecule has 168 valence electrons. The maximum Gasteiger partial charge on any atom is 0.243 e. The van der Waals surface area contributed by atoms with E-state index >= 15 is 0 Å². The smallest absolute Gasteiger partial charge is 0.243 e. The Morgan fingerprint density at radius 2 is 1.59 bits per heavy atom. The van der Waals surface area contributed by atoms with Gasteiger partial charge in [0, 0.05) is 11.4 Å². The Labute approximate surface area is 194 Å². The van der Waals surface area contributed by atoms with E-state index in [1.165, 1.54) is 4.31 Å². The molecule has 0 spiro atoms. The molecule has 0 radical (unpaired) electrons. The number of hydrogen-bond donors (Lipinski definition) is 1. The summed E-state index contributed by atoms with van der Waals surface area (Å²) in [6.45, 7) is 3.64. The minimum atomic E-state index is -3.85. The van der Waals surface area contributed by atoms with E-state index in [4.69, 9.17) is 0 Å². The second-order valence-electron chi connectivity index (χ2n) is 7.63. The van der Waals surface area contributed by atoms with Crippen molar-refractivity contribution >= 4 is 27.7 Å². The van der Waals surface area contributed by atoms with Crippen LogP contribution in [-0.2, 0) is 21.4 Å². The van der Waals surface area contributed by atoms with E-state index in [0.717, 1.165) is 21.6 Å². The first kappa shape index (κ1) is 24.0. The largest absolute Gasteiger partial charge is 0.348 e. The molecule has 7 heteroatoms. The maximum absolute atomic E-state index is 13.4. The van der Waals surface area contributed by atoms with Crippen LogP contribution in [0.5, 0.6) is 0 Å². The van der Waals surface area contributed by atoms with Crippen molar-refractivity contribution in [2.75, 3.05) is 12.8 Å². The summed E-state index contributed by atoms with van der Waals surface area (Å²) in [5, 5.41) is 2.93. The normalized spacial score (nSPS) is 12.5. The molecule has 0 aliphatic heterocycles. The van der Waals surface area contributed by atoms with Crippen LogP contribution in [0.2, 0.25) is 0 Å². The molecule has 0 unspecified atom stereocenters. The summed E-state index contributed by atoms with van der Waals surface area (Å²) in [6.07, 6.45) is 2.01. The highest BCUT2D eigenvalue weighted by Gasteiger charge is 2.27. The van der Waals surface area contributed by atoms with Gasteiger partial charge in [-0.15, -0.1) is 11.8 Å². The first-order valence-corrected chi connectivity index (χ1v) is 13.0. The molecule has 0 heterocycles. The molecule has 3 rings (SSSR count). The Morgan fingerprint density at radius 1 is 0.969 bits per heavy atom. The van der Waals surface area contributed by atoms with Crippen LogP contribution in [-0.4, -0.2) is 31.4 Å². The minimum Gasteiger partial charge on any atom is -0.348 e. The Hall–Kier alpha value is -2.61. The predicted molar refractivity (Wildman–Crippen MR) is 130 cm³/mol. The number of nitrogens with zero attached hydrogens (tertiary/aromatic N) is 1. The first-order valence-electron chi connectivity index (χ1n) is 10.3. The molecule has 1 atom stereocenters. The number of nitrogens with one attached hydrogen (secondary N) is 1. The number of hydrogen-bond acceptors (Lipinski definition) is 4. The van der Waals surface area contributed by atoms with Crippen LogP contribution < -0.4 is 5.32 Å². The lowest BCUT2D eigenvalue weighted by Gasteiger charge is -2.23. The Bertz CT molecular complexity index is 1130. The van der Waals surface area contributed by atoms with Crippen LogP contribution in [0.25, 0.3) is 0 Å². The number of sulfonamides is 1. The second-order valence-corrected chi connectivity index (χ2v) is 10.5. The summed E-state index contributed by atoms with van der Waals surface area (Å²) >= 11 is 1.65. The van der Waals surface area contributed by atoms with Gasteiger partial charge in [-0.1, -0.05) is 60.2 Å². The third-order valence-corrected chi connectivity index (χ3v) is 7.72. The van der Waals surface area contributed by atoms with Gasteiger partial charge in [-0.25, -0.2) is 8.42 Å². The van der Waals surface area contributed by atoms with E-state index in [9.17, 15) is 13.2 Å². The molecular formula is C25H28N2O3S2. The summed E-state index contributed by atoms with van der Waals surface area (Å²) in [5.41, 5.74) is 2.75. The van der Waals surface area contributed by atoms with Crippen molar-refractivity contribution in [3.63, 3.8) is 0 Å². The average molecular weight is 469 g/mol. The topological polar surface area (TPSA) is 66.5 Å². The van der Waals surface area contributed by atoms with Gasteiger partial charge in [-0.2, -0.15) is 4.31 Å².